The number of hydrogen-bond donors (Lipinski definition) is 2. The van der Waals surface area contributed by atoms with Crippen LogP contribution >= 0.6 is 11.3 Å². The number of benzene rings is 1. The number of piperidine rings is 1. The lowest BCUT2D eigenvalue weighted by molar-refractivity contribution is 0.0792. The van der Waals surface area contributed by atoms with Crippen molar-refractivity contribution >= 4 is 17.3 Å². The predicted molar refractivity (Wildman–Crippen MR) is 118 cm³/mol. The van der Waals surface area contributed by atoms with E-state index in [2.05, 4.69) is 68.9 Å². The maximum atomic E-state index is 9.63. The van der Waals surface area contributed by atoms with E-state index < -0.39 is 0 Å². The Labute approximate surface area is 172 Å². The van der Waals surface area contributed by atoms with Gasteiger partial charge in [0.05, 0.1) is 6.10 Å². The fourth-order valence-corrected chi connectivity index (χ4v) is 4.20. The van der Waals surface area contributed by atoms with E-state index in [1.165, 1.54) is 16.0 Å². The Morgan fingerprint density at radius 1 is 1.21 bits per heavy atom. The quantitative estimate of drug-likeness (QED) is 0.554. The van der Waals surface area contributed by atoms with Gasteiger partial charge < -0.3 is 15.3 Å². The summed E-state index contributed by atoms with van der Waals surface area (Å²) in [6.45, 7) is 4.65. The predicted octanol–water partition coefficient (Wildman–Crippen LogP) is 2.95. The van der Waals surface area contributed by atoms with Crippen LogP contribution in [0.4, 0.5) is 0 Å². The normalized spacial score (nSPS) is 16.3. The lowest BCUT2D eigenvalue weighted by Gasteiger charge is -2.29. The van der Waals surface area contributed by atoms with Crippen molar-refractivity contribution in [2.24, 2.45) is 4.99 Å². The van der Waals surface area contributed by atoms with Crippen LogP contribution in [0.15, 0.2) is 46.8 Å². The number of nitrogens with one attached hydrogen (secondary N) is 1. The summed E-state index contributed by atoms with van der Waals surface area (Å²) in [5.41, 5.74) is 2.59. The Hall–Kier alpha value is -1.89. The zero-order chi connectivity index (χ0) is 19.8. The van der Waals surface area contributed by atoms with Gasteiger partial charge in [-0.05, 0) is 41.8 Å². The van der Waals surface area contributed by atoms with Gasteiger partial charge in [0.25, 0.3) is 0 Å². The van der Waals surface area contributed by atoms with Gasteiger partial charge in [-0.15, -0.1) is 11.3 Å². The molecule has 2 N–H and O–H groups in total. The van der Waals surface area contributed by atoms with Gasteiger partial charge in [-0.3, -0.25) is 9.89 Å². The molecule has 1 aliphatic rings. The monoisotopic (exact) mass is 400 g/mol. The highest BCUT2D eigenvalue weighted by atomic mass is 32.1. The SMILES string of the molecule is CN=C(NCc1ccc(CN2CCC(O)CC2)cc1)N(C)CCc1cccs1. The van der Waals surface area contributed by atoms with Crippen LogP contribution in [0, 0.1) is 0 Å². The molecule has 0 saturated carbocycles. The van der Waals surface area contributed by atoms with Gasteiger partial charge in [0.1, 0.15) is 0 Å². The van der Waals surface area contributed by atoms with E-state index in [-0.39, 0.29) is 6.10 Å². The molecule has 1 aromatic carbocycles. The summed E-state index contributed by atoms with van der Waals surface area (Å²) in [7, 11) is 3.92. The van der Waals surface area contributed by atoms with Gasteiger partial charge in [0.2, 0.25) is 0 Å². The van der Waals surface area contributed by atoms with Gasteiger partial charge in [0.15, 0.2) is 5.96 Å². The fraction of sp³-hybridized carbons (Fsp3) is 0.500. The number of aliphatic imine (C=N–C) groups is 1. The van der Waals surface area contributed by atoms with Crippen LogP contribution in [0.5, 0.6) is 0 Å². The van der Waals surface area contributed by atoms with Crippen molar-refractivity contribution < 1.29 is 5.11 Å². The molecule has 152 valence electrons. The van der Waals surface area contributed by atoms with Crippen LogP contribution in [0.2, 0.25) is 0 Å². The highest BCUT2D eigenvalue weighted by Crippen LogP contribution is 2.14. The number of likely N-dealkylation sites (N-methyl/N-ethyl adjacent to an activating group) is 1. The summed E-state index contributed by atoms with van der Waals surface area (Å²) >= 11 is 1.81. The summed E-state index contributed by atoms with van der Waals surface area (Å²) in [5, 5.41) is 15.2. The Bertz CT molecular complexity index is 722. The van der Waals surface area contributed by atoms with Crippen molar-refractivity contribution in [2.45, 2.75) is 38.5 Å². The van der Waals surface area contributed by atoms with E-state index in [4.69, 9.17) is 0 Å². The van der Waals surface area contributed by atoms with E-state index >= 15 is 0 Å². The van der Waals surface area contributed by atoms with E-state index in [9.17, 15) is 5.11 Å². The van der Waals surface area contributed by atoms with Crippen molar-refractivity contribution in [3.8, 4) is 0 Å². The molecule has 5 nitrogen and oxygen atoms in total. The fourth-order valence-electron chi connectivity index (χ4n) is 3.50. The van der Waals surface area contributed by atoms with Crippen molar-refractivity contribution in [2.75, 3.05) is 33.7 Å². The number of aliphatic hydroxyl groups is 1. The smallest absolute Gasteiger partial charge is 0.193 e. The van der Waals surface area contributed by atoms with E-state index in [0.29, 0.717) is 0 Å². The number of nitrogens with zero attached hydrogens (tertiary/aromatic N) is 3. The molecular formula is C22H32N4OS. The minimum absolute atomic E-state index is 0.109. The first kappa shape index (κ1) is 20.8. The first-order chi connectivity index (χ1) is 13.6. The average molecular weight is 401 g/mol. The molecule has 0 bridgehead atoms. The summed E-state index contributed by atoms with van der Waals surface area (Å²) in [6.07, 6.45) is 2.71. The molecule has 0 radical (unpaired) electrons. The standard InChI is InChI=1S/C22H32N4OS/c1-23-22(25(2)12-11-21-4-3-15-28-21)24-16-18-5-7-19(8-6-18)17-26-13-9-20(27)10-14-26/h3-8,15,20,27H,9-14,16-17H2,1-2H3,(H,23,24). The van der Waals surface area contributed by atoms with Crippen LogP contribution in [0.3, 0.4) is 0 Å². The van der Waals surface area contributed by atoms with Crippen molar-refractivity contribution in [1.29, 1.82) is 0 Å². The third-order valence-electron chi connectivity index (χ3n) is 5.28. The second-order valence-electron chi connectivity index (χ2n) is 7.48. The maximum Gasteiger partial charge on any atom is 0.193 e. The number of rotatable bonds is 7. The Kier molecular flexibility index (Phi) is 7.89. The molecule has 0 amide bonds. The van der Waals surface area contributed by atoms with Crippen molar-refractivity contribution in [3.63, 3.8) is 0 Å². The van der Waals surface area contributed by atoms with Gasteiger partial charge in [-0.25, -0.2) is 0 Å². The molecule has 0 unspecified atom stereocenters. The Morgan fingerprint density at radius 3 is 2.57 bits per heavy atom. The molecule has 2 aromatic rings. The zero-order valence-corrected chi connectivity index (χ0v) is 17.8. The second-order valence-corrected chi connectivity index (χ2v) is 8.51. The molecule has 1 aromatic heterocycles. The summed E-state index contributed by atoms with van der Waals surface area (Å²) in [4.78, 5) is 10.4. The van der Waals surface area contributed by atoms with Gasteiger partial charge in [0, 0.05) is 51.7 Å². The van der Waals surface area contributed by atoms with Gasteiger partial charge in [-0.1, -0.05) is 30.3 Å². The highest BCUT2D eigenvalue weighted by molar-refractivity contribution is 7.09. The van der Waals surface area contributed by atoms with Crippen LogP contribution in [-0.4, -0.2) is 60.7 Å². The molecule has 1 aliphatic heterocycles. The van der Waals surface area contributed by atoms with E-state index in [0.717, 1.165) is 57.9 Å². The molecular weight excluding hydrogens is 368 g/mol. The third-order valence-corrected chi connectivity index (χ3v) is 6.22. The summed E-state index contributed by atoms with van der Waals surface area (Å²) in [6, 6.07) is 13.1. The van der Waals surface area contributed by atoms with Crippen LogP contribution in [-0.2, 0) is 19.5 Å². The Morgan fingerprint density at radius 2 is 1.93 bits per heavy atom. The summed E-state index contributed by atoms with van der Waals surface area (Å²) < 4.78 is 0. The van der Waals surface area contributed by atoms with Gasteiger partial charge in [-0.2, -0.15) is 0 Å². The minimum atomic E-state index is -0.109. The lowest BCUT2D eigenvalue weighted by Crippen LogP contribution is -2.39. The summed E-state index contributed by atoms with van der Waals surface area (Å²) in [5.74, 6) is 0.924. The number of aliphatic hydroxyl groups excluding tert-OH is 1. The lowest BCUT2D eigenvalue weighted by atomic mass is 10.1. The van der Waals surface area contributed by atoms with Crippen LogP contribution in [0.1, 0.15) is 28.8 Å². The molecule has 2 heterocycles. The first-order valence-electron chi connectivity index (χ1n) is 10.1. The molecule has 1 saturated heterocycles. The topological polar surface area (TPSA) is 51.1 Å². The molecule has 0 spiro atoms. The van der Waals surface area contributed by atoms with Crippen LogP contribution in [0.25, 0.3) is 0 Å². The third kappa shape index (κ3) is 6.33. The number of hydrogen-bond acceptors (Lipinski definition) is 4. The number of thiophene rings is 1. The highest BCUT2D eigenvalue weighted by Gasteiger charge is 2.16. The van der Waals surface area contributed by atoms with E-state index in [1.807, 2.05) is 7.05 Å². The Balaban J connectivity index is 1.43. The van der Waals surface area contributed by atoms with Crippen molar-refractivity contribution in [3.05, 3.63) is 57.8 Å². The minimum Gasteiger partial charge on any atom is -0.393 e. The van der Waals surface area contributed by atoms with E-state index in [1.54, 1.807) is 11.3 Å². The second kappa shape index (κ2) is 10.6. The molecule has 28 heavy (non-hydrogen) atoms. The number of guanidine groups is 1. The molecule has 3 rings (SSSR count). The maximum absolute atomic E-state index is 9.63. The largest absolute Gasteiger partial charge is 0.393 e. The average Bonchev–Trinajstić information content (AvgIpc) is 3.23. The zero-order valence-electron chi connectivity index (χ0n) is 17.0. The first-order valence-corrected chi connectivity index (χ1v) is 10.9. The van der Waals surface area contributed by atoms with Gasteiger partial charge >= 0.3 is 0 Å². The number of likely N-dealkylation sites (tertiary alicyclic amines) is 1. The molecule has 6 heteroatoms. The molecule has 0 aliphatic carbocycles. The van der Waals surface area contributed by atoms with Crippen molar-refractivity contribution in [1.82, 2.24) is 15.1 Å². The van der Waals surface area contributed by atoms with Crippen LogP contribution < -0.4 is 5.32 Å². The molecule has 1 fully saturated rings. The molecule has 0 atom stereocenters.